The van der Waals surface area contributed by atoms with Gasteiger partial charge in [0.05, 0.1) is 25.8 Å². The van der Waals surface area contributed by atoms with Crippen LogP contribution >= 0.6 is 0 Å². The zero-order valence-electron chi connectivity index (χ0n) is 17.0. The van der Waals surface area contributed by atoms with Crippen LogP contribution in [0.2, 0.25) is 0 Å². The molecule has 154 valence electrons. The Morgan fingerprint density at radius 1 is 1.14 bits per heavy atom. The molecule has 3 fully saturated rings. The van der Waals surface area contributed by atoms with E-state index >= 15 is 0 Å². The van der Waals surface area contributed by atoms with Crippen molar-refractivity contribution in [2.45, 2.75) is 57.5 Å². The average molecular weight is 387 g/mol. The van der Waals surface area contributed by atoms with Gasteiger partial charge in [-0.05, 0) is 30.7 Å². The monoisotopic (exact) mass is 386 g/mol. The first-order valence-corrected chi connectivity index (χ1v) is 10.9. The van der Waals surface area contributed by atoms with E-state index < -0.39 is 0 Å². The third-order valence-corrected chi connectivity index (χ3v) is 6.38. The van der Waals surface area contributed by atoms with E-state index in [-0.39, 0.29) is 18.4 Å². The maximum Gasteiger partial charge on any atom is 0.225 e. The highest BCUT2D eigenvalue weighted by Gasteiger charge is 2.37. The number of carbonyl (C=O) groups is 1. The molecule has 0 aliphatic carbocycles. The van der Waals surface area contributed by atoms with Crippen molar-refractivity contribution in [2.75, 3.05) is 32.8 Å². The van der Waals surface area contributed by atoms with Crippen LogP contribution in [0.1, 0.15) is 38.2 Å². The van der Waals surface area contributed by atoms with Crippen molar-refractivity contribution < 1.29 is 9.53 Å². The van der Waals surface area contributed by atoms with Crippen molar-refractivity contribution in [3.63, 3.8) is 0 Å². The summed E-state index contributed by atoms with van der Waals surface area (Å²) in [5.41, 5.74) is 1.37. The summed E-state index contributed by atoms with van der Waals surface area (Å²) in [5, 5.41) is 6.99. The molecule has 3 aliphatic rings. The van der Waals surface area contributed by atoms with Crippen molar-refractivity contribution in [3.05, 3.63) is 35.9 Å². The van der Waals surface area contributed by atoms with E-state index in [1.807, 2.05) is 0 Å². The lowest BCUT2D eigenvalue weighted by Gasteiger charge is -2.46. The van der Waals surface area contributed by atoms with E-state index in [0.717, 1.165) is 39.3 Å². The molecule has 1 aromatic rings. The van der Waals surface area contributed by atoms with Gasteiger partial charge in [-0.2, -0.15) is 0 Å². The number of carbonyl (C=O) groups excluding carboxylic acids is 1. The lowest BCUT2D eigenvalue weighted by Crippen LogP contribution is -2.69. The zero-order chi connectivity index (χ0) is 19.3. The Morgan fingerprint density at radius 2 is 1.93 bits per heavy atom. The number of benzene rings is 1. The first kappa shape index (κ1) is 19.8. The van der Waals surface area contributed by atoms with Gasteiger partial charge in [-0.25, -0.2) is 0 Å². The van der Waals surface area contributed by atoms with Crippen LogP contribution in [0.3, 0.4) is 0 Å². The van der Waals surface area contributed by atoms with E-state index in [1.165, 1.54) is 24.8 Å². The topological polar surface area (TPSA) is 56.8 Å². The Morgan fingerprint density at radius 3 is 2.71 bits per heavy atom. The molecule has 0 spiro atoms. The van der Waals surface area contributed by atoms with Crippen molar-refractivity contribution in [1.29, 1.82) is 0 Å². The van der Waals surface area contributed by atoms with Crippen molar-refractivity contribution in [3.8, 4) is 0 Å². The van der Waals surface area contributed by atoms with Gasteiger partial charge in [0, 0.05) is 25.7 Å². The average Bonchev–Trinajstić information content (AvgIpc) is 2.90. The van der Waals surface area contributed by atoms with Gasteiger partial charge in [0.2, 0.25) is 5.91 Å². The Hall–Kier alpha value is -1.47. The number of hydrogen-bond donors (Lipinski definition) is 2. The van der Waals surface area contributed by atoms with Gasteiger partial charge in [0.1, 0.15) is 6.29 Å². The van der Waals surface area contributed by atoms with Crippen LogP contribution in [-0.2, 0) is 16.0 Å². The molecule has 0 saturated carbocycles. The Kier molecular flexibility index (Phi) is 6.62. The molecule has 3 aliphatic heterocycles. The molecule has 6 heteroatoms. The molecular weight excluding hydrogens is 352 g/mol. The van der Waals surface area contributed by atoms with Crippen LogP contribution in [0.4, 0.5) is 0 Å². The molecule has 3 unspecified atom stereocenters. The highest BCUT2D eigenvalue weighted by atomic mass is 16.5. The summed E-state index contributed by atoms with van der Waals surface area (Å²) in [6.07, 6.45) is 5.24. The molecule has 0 radical (unpaired) electrons. The Balaban J connectivity index is 1.50. The minimum atomic E-state index is -0.0941. The minimum Gasteiger partial charge on any atom is -0.379 e. The fourth-order valence-electron chi connectivity index (χ4n) is 4.86. The van der Waals surface area contributed by atoms with E-state index in [4.69, 9.17) is 4.74 Å². The zero-order valence-corrected chi connectivity index (χ0v) is 17.0. The minimum absolute atomic E-state index is 0.0941. The predicted octanol–water partition coefficient (Wildman–Crippen LogP) is 1.77. The normalized spacial score (nSPS) is 33.2. The van der Waals surface area contributed by atoms with Crippen molar-refractivity contribution in [1.82, 2.24) is 20.4 Å². The third kappa shape index (κ3) is 4.92. The molecule has 3 saturated heterocycles. The number of nitrogens with one attached hydrogen (secondary N) is 2. The number of ether oxygens (including phenoxy) is 1. The summed E-state index contributed by atoms with van der Waals surface area (Å²) in [6, 6.07) is 11.2. The number of morpholine rings is 1. The van der Waals surface area contributed by atoms with Gasteiger partial charge < -0.3 is 10.1 Å². The number of rotatable bonds is 4. The number of likely N-dealkylation sites (tertiary alicyclic amines) is 1. The molecule has 1 aromatic carbocycles. The standard InChI is InChI=1S/C22H34N4O2/c1-17-6-5-9-19(14-18-7-3-2-4-8-18)26(16-17)22-23-20(15-21(27)24-22)25-10-12-28-13-11-25/h2-4,7-8,17,19-20,22-23H,5-6,9-16H2,1H3,(H,24,27)/t17?,19-,20?,22?/m1/s1. The van der Waals surface area contributed by atoms with Crippen LogP contribution < -0.4 is 10.6 Å². The van der Waals surface area contributed by atoms with Gasteiger partial charge in [-0.1, -0.05) is 43.7 Å². The summed E-state index contributed by atoms with van der Waals surface area (Å²) < 4.78 is 5.49. The maximum absolute atomic E-state index is 12.6. The molecule has 4 atom stereocenters. The highest BCUT2D eigenvalue weighted by Crippen LogP contribution is 2.25. The van der Waals surface area contributed by atoms with Crippen LogP contribution in [0.15, 0.2) is 30.3 Å². The molecule has 2 N–H and O–H groups in total. The molecule has 3 heterocycles. The van der Waals surface area contributed by atoms with Crippen LogP contribution in [-0.4, -0.2) is 67.1 Å². The maximum atomic E-state index is 12.6. The largest absolute Gasteiger partial charge is 0.379 e. The predicted molar refractivity (Wildman–Crippen MR) is 110 cm³/mol. The van der Waals surface area contributed by atoms with Gasteiger partial charge in [0.15, 0.2) is 0 Å². The van der Waals surface area contributed by atoms with Crippen LogP contribution in [0.5, 0.6) is 0 Å². The van der Waals surface area contributed by atoms with E-state index in [0.29, 0.717) is 18.4 Å². The van der Waals surface area contributed by atoms with Crippen molar-refractivity contribution in [2.24, 2.45) is 5.92 Å². The van der Waals surface area contributed by atoms with E-state index in [2.05, 4.69) is 57.7 Å². The third-order valence-electron chi connectivity index (χ3n) is 6.38. The van der Waals surface area contributed by atoms with Crippen LogP contribution in [0.25, 0.3) is 0 Å². The molecule has 0 bridgehead atoms. The fourth-order valence-corrected chi connectivity index (χ4v) is 4.86. The lowest BCUT2D eigenvalue weighted by molar-refractivity contribution is -0.132. The molecule has 1 amide bonds. The first-order valence-electron chi connectivity index (χ1n) is 10.9. The number of amides is 1. The second-order valence-electron chi connectivity index (χ2n) is 8.58. The van der Waals surface area contributed by atoms with E-state index in [9.17, 15) is 4.79 Å². The van der Waals surface area contributed by atoms with Gasteiger partial charge in [-0.3, -0.25) is 19.9 Å². The lowest BCUT2D eigenvalue weighted by atomic mass is 10.0. The fraction of sp³-hybridized carbons (Fsp3) is 0.682. The number of nitrogens with zero attached hydrogens (tertiary/aromatic N) is 2. The molecule has 28 heavy (non-hydrogen) atoms. The Labute approximate surface area is 168 Å². The smallest absolute Gasteiger partial charge is 0.225 e. The Bertz CT molecular complexity index is 635. The SMILES string of the molecule is CC1CCC[C@H](Cc2ccccc2)N(C2NC(=O)CC(N3CCOCC3)N2)C1. The summed E-state index contributed by atoms with van der Waals surface area (Å²) in [6.45, 7) is 6.64. The van der Waals surface area contributed by atoms with Gasteiger partial charge in [-0.15, -0.1) is 0 Å². The van der Waals surface area contributed by atoms with Gasteiger partial charge >= 0.3 is 0 Å². The van der Waals surface area contributed by atoms with E-state index in [1.54, 1.807) is 0 Å². The quantitative estimate of drug-likeness (QED) is 0.826. The highest BCUT2D eigenvalue weighted by molar-refractivity contribution is 5.77. The van der Waals surface area contributed by atoms with Crippen LogP contribution in [0, 0.1) is 5.92 Å². The van der Waals surface area contributed by atoms with Gasteiger partial charge in [0.25, 0.3) is 0 Å². The summed E-state index contributed by atoms with van der Waals surface area (Å²) in [4.78, 5) is 17.5. The van der Waals surface area contributed by atoms with Crippen molar-refractivity contribution >= 4 is 5.91 Å². The summed E-state index contributed by atoms with van der Waals surface area (Å²) in [5.74, 6) is 0.791. The second-order valence-corrected chi connectivity index (χ2v) is 8.58. The first-order chi connectivity index (χ1) is 13.7. The number of hydrogen-bond acceptors (Lipinski definition) is 5. The summed E-state index contributed by atoms with van der Waals surface area (Å²) >= 11 is 0. The molecular formula is C22H34N4O2. The summed E-state index contributed by atoms with van der Waals surface area (Å²) in [7, 11) is 0. The molecule has 0 aromatic heterocycles. The molecule has 6 nitrogen and oxygen atoms in total. The second kappa shape index (κ2) is 9.35. The molecule has 4 rings (SSSR count).